The first-order chi connectivity index (χ1) is 9.15. The average Bonchev–Trinajstić information content (AvgIpc) is 2.39. The molecule has 19 heavy (non-hydrogen) atoms. The van der Waals surface area contributed by atoms with Gasteiger partial charge in [-0.25, -0.2) is 4.39 Å². The molecule has 0 bridgehead atoms. The summed E-state index contributed by atoms with van der Waals surface area (Å²) in [5.74, 6) is 0.602. The van der Waals surface area contributed by atoms with Crippen molar-refractivity contribution < 1.29 is 14.2 Å². The van der Waals surface area contributed by atoms with Gasteiger partial charge in [-0.15, -0.1) is 0 Å². The highest BCUT2D eigenvalue weighted by Crippen LogP contribution is 2.33. The molecular formula is C14H21FN2O2. The van der Waals surface area contributed by atoms with Crippen LogP contribution in [0.15, 0.2) is 12.1 Å². The van der Waals surface area contributed by atoms with Gasteiger partial charge in [0.25, 0.3) is 0 Å². The second-order valence-corrected chi connectivity index (χ2v) is 5.01. The van der Waals surface area contributed by atoms with E-state index in [-0.39, 0.29) is 12.4 Å². The monoisotopic (exact) mass is 268 g/mol. The third kappa shape index (κ3) is 3.10. The molecule has 0 aliphatic carbocycles. The molecule has 1 atom stereocenters. The van der Waals surface area contributed by atoms with E-state index in [0.717, 1.165) is 32.4 Å². The van der Waals surface area contributed by atoms with E-state index in [2.05, 4.69) is 0 Å². The zero-order valence-electron chi connectivity index (χ0n) is 11.2. The summed E-state index contributed by atoms with van der Waals surface area (Å²) in [5, 5.41) is 9.02. The second-order valence-electron chi connectivity index (χ2n) is 5.01. The zero-order valence-corrected chi connectivity index (χ0v) is 11.2. The van der Waals surface area contributed by atoms with E-state index in [0.29, 0.717) is 23.0 Å². The molecule has 0 spiro atoms. The maximum absolute atomic E-state index is 14.0. The SMILES string of the molecule is COc1cc(N2CCCC(CCO)C2)c(F)cc1N. The molecule has 4 nitrogen and oxygen atoms in total. The molecule has 1 fully saturated rings. The number of nitrogens with two attached hydrogens (primary N) is 1. The van der Waals surface area contributed by atoms with Gasteiger partial charge in [0.05, 0.1) is 18.5 Å². The number of hydrogen-bond donors (Lipinski definition) is 2. The van der Waals surface area contributed by atoms with Crippen LogP contribution in [0.5, 0.6) is 5.75 Å². The molecule has 2 rings (SSSR count). The van der Waals surface area contributed by atoms with Gasteiger partial charge in [-0.1, -0.05) is 0 Å². The van der Waals surface area contributed by atoms with Crippen molar-refractivity contribution >= 4 is 11.4 Å². The molecule has 0 saturated carbocycles. The standard InChI is InChI=1S/C14H21FN2O2/c1-19-14-8-13(11(15)7-12(14)16)17-5-2-3-10(9-17)4-6-18/h7-8,10,18H,2-6,9,16H2,1H3. The number of rotatable bonds is 4. The molecule has 1 unspecified atom stereocenters. The third-order valence-corrected chi connectivity index (χ3v) is 3.70. The first-order valence-electron chi connectivity index (χ1n) is 6.64. The number of benzene rings is 1. The Bertz CT molecular complexity index is 438. The molecule has 1 saturated heterocycles. The van der Waals surface area contributed by atoms with E-state index >= 15 is 0 Å². The molecule has 1 aliphatic heterocycles. The van der Waals surface area contributed by atoms with Crippen molar-refractivity contribution in [2.45, 2.75) is 19.3 Å². The number of nitrogens with zero attached hydrogens (tertiary/aromatic N) is 1. The van der Waals surface area contributed by atoms with Crippen LogP contribution in [0.2, 0.25) is 0 Å². The van der Waals surface area contributed by atoms with Crippen LogP contribution < -0.4 is 15.4 Å². The van der Waals surface area contributed by atoms with Gasteiger partial charge < -0.3 is 20.5 Å². The maximum atomic E-state index is 14.0. The summed E-state index contributed by atoms with van der Waals surface area (Å²) in [6.45, 7) is 1.78. The maximum Gasteiger partial charge on any atom is 0.148 e. The Kier molecular flexibility index (Phi) is 4.47. The predicted octanol–water partition coefficient (Wildman–Crippen LogP) is 2.02. The van der Waals surface area contributed by atoms with Crippen LogP contribution in [-0.2, 0) is 0 Å². The molecular weight excluding hydrogens is 247 g/mol. The van der Waals surface area contributed by atoms with Gasteiger partial charge in [0.1, 0.15) is 11.6 Å². The van der Waals surface area contributed by atoms with Gasteiger partial charge in [-0.2, -0.15) is 0 Å². The van der Waals surface area contributed by atoms with Crippen LogP contribution >= 0.6 is 0 Å². The van der Waals surface area contributed by atoms with Crippen molar-refractivity contribution in [2.24, 2.45) is 5.92 Å². The highest BCUT2D eigenvalue weighted by Gasteiger charge is 2.22. The number of aliphatic hydroxyl groups excluding tert-OH is 1. The van der Waals surface area contributed by atoms with Crippen LogP contribution in [0.1, 0.15) is 19.3 Å². The highest BCUT2D eigenvalue weighted by molar-refractivity contribution is 5.63. The summed E-state index contributed by atoms with van der Waals surface area (Å²) in [4.78, 5) is 2.02. The van der Waals surface area contributed by atoms with Crippen molar-refractivity contribution in [1.82, 2.24) is 0 Å². The lowest BCUT2D eigenvalue weighted by Gasteiger charge is -2.34. The van der Waals surface area contributed by atoms with Gasteiger partial charge in [0.2, 0.25) is 0 Å². The fraction of sp³-hybridized carbons (Fsp3) is 0.571. The Morgan fingerprint density at radius 1 is 1.53 bits per heavy atom. The van der Waals surface area contributed by atoms with E-state index in [1.165, 1.54) is 13.2 Å². The number of aliphatic hydroxyl groups is 1. The van der Waals surface area contributed by atoms with E-state index in [9.17, 15) is 4.39 Å². The second kappa shape index (κ2) is 6.10. The van der Waals surface area contributed by atoms with E-state index in [1.807, 2.05) is 4.90 Å². The van der Waals surface area contributed by atoms with Crippen LogP contribution in [0.4, 0.5) is 15.8 Å². The number of nitrogen functional groups attached to an aromatic ring is 1. The fourth-order valence-electron chi connectivity index (χ4n) is 2.68. The minimum atomic E-state index is -0.317. The Balaban J connectivity index is 2.20. The van der Waals surface area contributed by atoms with Crippen LogP contribution in [0.3, 0.4) is 0 Å². The number of ether oxygens (including phenoxy) is 1. The quantitative estimate of drug-likeness (QED) is 0.820. The van der Waals surface area contributed by atoms with Crippen molar-refractivity contribution in [2.75, 3.05) is 37.4 Å². The van der Waals surface area contributed by atoms with E-state index < -0.39 is 0 Å². The van der Waals surface area contributed by atoms with Crippen LogP contribution in [-0.4, -0.2) is 31.9 Å². The molecule has 3 N–H and O–H groups in total. The third-order valence-electron chi connectivity index (χ3n) is 3.70. The van der Waals surface area contributed by atoms with Crippen molar-refractivity contribution in [1.29, 1.82) is 0 Å². The van der Waals surface area contributed by atoms with Crippen LogP contribution in [0, 0.1) is 11.7 Å². The molecule has 0 aromatic heterocycles. The lowest BCUT2D eigenvalue weighted by atomic mass is 9.94. The first kappa shape index (κ1) is 13.9. The largest absolute Gasteiger partial charge is 0.495 e. The Hall–Kier alpha value is -1.49. The number of hydrogen-bond acceptors (Lipinski definition) is 4. The Morgan fingerprint density at radius 3 is 3.00 bits per heavy atom. The number of anilines is 2. The average molecular weight is 268 g/mol. The molecule has 1 heterocycles. The predicted molar refractivity (Wildman–Crippen MR) is 74.0 cm³/mol. The summed E-state index contributed by atoms with van der Waals surface area (Å²) in [7, 11) is 1.53. The first-order valence-corrected chi connectivity index (χ1v) is 6.64. The van der Waals surface area contributed by atoms with Crippen molar-refractivity contribution in [3.05, 3.63) is 17.9 Å². The van der Waals surface area contributed by atoms with Crippen molar-refractivity contribution in [3.63, 3.8) is 0 Å². The summed E-state index contributed by atoms with van der Waals surface area (Å²) in [6, 6.07) is 2.97. The molecule has 0 amide bonds. The molecule has 1 aromatic carbocycles. The topological polar surface area (TPSA) is 58.7 Å². The summed E-state index contributed by atoms with van der Waals surface area (Å²) >= 11 is 0. The normalized spacial score (nSPS) is 19.5. The smallest absolute Gasteiger partial charge is 0.148 e. The lowest BCUT2D eigenvalue weighted by Crippen LogP contribution is -2.36. The highest BCUT2D eigenvalue weighted by atomic mass is 19.1. The van der Waals surface area contributed by atoms with Gasteiger partial charge in [0, 0.05) is 31.8 Å². The van der Waals surface area contributed by atoms with Crippen molar-refractivity contribution in [3.8, 4) is 5.75 Å². The van der Waals surface area contributed by atoms with E-state index in [1.54, 1.807) is 6.07 Å². The molecule has 5 heteroatoms. The number of piperidine rings is 1. The van der Waals surface area contributed by atoms with E-state index in [4.69, 9.17) is 15.6 Å². The number of halogens is 1. The molecule has 0 radical (unpaired) electrons. The Labute approximate surface area is 113 Å². The summed E-state index contributed by atoms with van der Waals surface area (Å²) < 4.78 is 19.2. The minimum Gasteiger partial charge on any atom is -0.495 e. The Morgan fingerprint density at radius 2 is 2.32 bits per heavy atom. The fourth-order valence-corrected chi connectivity index (χ4v) is 2.68. The van der Waals surface area contributed by atoms with Gasteiger partial charge >= 0.3 is 0 Å². The summed E-state index contributed by atoms with van der Waals surface area (Å²) in [6.07, 6.45) is 2.87. The van der Waals surface area contributed by atoms with Gasteiger partial charge in [-0.3, -0.25) is 0 Å². The summed E-state index contributed by atoms with van der Waals surface area (Å²) in [5.41, 5.74) is 6.54. The molecule has 106 valence electrons. The van der Waals surface area contributed by atoms with Gasteiger partial charge in [0.15, 0.2) is 0 Å². The van der Waals surface area contributed by atoms with Crippen LogP contribution in [0.25, 0.3) is 0 Å². The lowest BCUT2D eigenvalue weighted by molar-refractivity contribution is 0.244. The number of methoxy groups -OCH3 is 1. The zero-order chi connectivity index (χ0) is 13.8. The molecule has 1 aromatic rings. The minimum absolute atomic E-state index is 0.187. The molecule has 1 aliphatic rings. The van der Waals surface area contributed by atoms with Gasteiger partial charge in [-0.05, 0) is 25.2 Å².